The molecule has 0 amide bonds. The number of nitrogens with two attached hydrogens (primary N) is 1. The van der Waals surface area contributed by atoms with Gasteiger partial charge in [0.25, 0.3) is 0 Å². The Kier molecular flexibility index (Phi) is 2.52. The quantitative estimate of drug-likeness (QED) is 0.715. The maximum atomic E-state index is 6.23. The Labute approximate surface area is 93.2 Å². The van der Waals surface area contributed by atoms with Gasteiger partial charge in [0.05, 0.1) is 0 Å². The van der Waals surface area contributed by atoms with E-state index in [0.717, 1.165) is 11.5 Å². The molecule has 1 spiro atoms. The topological polar surface area (TPSA) is 29.3 Å². The van der Waals surface area contributed by atoms with Crippen LogP contribution in [-0.4, -0.2) is 30.1 Å². The molecule has 0 aromatic carbocycles. The minimum atomic E-state index is 0.470. The zero-order valence-electron chi connectivity index (χ0n) is 9.75. The zero-order valence-corrected chi connectivity index (χ0v) is 9.75. The Hall–Kier alpha value is -0.0800. The predicted octanol–water partition coefficient (Wildman–Crippen LogP) is 2.13. The molecular formula is C13H24N2. The molecule has 86 valence electrons. The van der Waals surface area contributed by atoms with Crippen LogP contribution in [0.5, 0.6) is 0 Å². The fourth-order valence-electron chi connectivity index (χ4n) is 4.08. The lowest BCUT2D eigenvalue weighted by Gasteiger charge is -2.54. The molecule has 0 radical (unpaired) electrons. The van der Waals surface area contributed by atoms with E-state index in [-0.39, 0.29) is 0 Å². The third-order valence-electron chi connectivity index (χ3n) is 4.99. The van der Waals surface area contributed by atoms with Gasteiger partial charge in [-0.15, -0.1) is 0 Å². The minimum Gasteiger partial charge on any atom is -0.326 e. The Morgan fingerprint density at radius 2 is 1.60 bits per heavy atom. The lowest BCUT2D eigenvalue weighted by Crippen LogP contribution is -2.63. The summed E-state index contributed by atoms with van der Waals surface area (Å²) in [6, 6.07) is 1.20. The molecule has 3 rings (SSSR count). The molecule has 2 atom stereocenters. The van der Waals surface area contributed by atoms with Gasteiger partial charge in [0.15, 0.2) is 0 Å². The number of hydrogen-bond acceptors (Lipinski definition) is 2. The highest BCUT2D eigenvalue weighted by molar-refractivity contribution is 5.02. The third-order valence-corrected chi connectivity index (χ3v) is 4.99. The van der Waals surface area contributed by atoms with Gasteiger partial charge in [-0.05, 0) is 31.1 Å². The van der Waals surface area contributed by atoms with Crippen LogP contribution < -0.4 is 5.73 Å². The highest BCUT2D eigenvalue weighted by Gasteiger charge is 2.47. The molecule has 2 N–H and O–H groups in total. The predicted molar refractivity (Wildman–Crippen MR) is 62.7 cm³/mol. The average Bonchev–Trinajstić information content (AvgIpc) is 2.65. The van der Waals surface area contributed by atoms with Crippen molar-refractivity contribution in [3.8, 4) is 0 Å². The van der Waals surface area contributed by atoms with Gasteiger partial charge in [-0.25, -0.2) is 0 Å². The average molecular weight is 208 g/mol. The molecule has 1 heterocycles. The van der Waals surface area contributed by atoms with Crippen LogP contribution in [0.4, 0.5) is 0 Å². The second-order valence-corrected chi connectivity index (χ2v) is 6.13. The van der Waals surface area contributed by atoms with E-state index in [1.54, 1.807) is 0 Å². The molecule has 2 aliphatic carbocycles. The van der Waals surface area contributed by atoms with E-state index < -0.39 is 0 Å². The SMILES string of the molecule is NC1CCCCC1N1CC2(CCCC2)C1. The van der Waals surface area contributed by atoms with Crippen molar-refractivity contribution in [2.45, 2.75) is 63.5 Å². The third kappa shape index (κ3) is 1.72. The summed E-state index contributed by atoms with van der Waals surface area (Å²) in [5, 5.41) is 0. The Morgan fingerprint density at radius 1 is 0.933 bits per heavy atom. The second-order valence-electron chi connectivity index (χ2n) is 6.13. The van der Waals surface area contributed by atoms with Gasteiger partial charge in [0.2, 0.25) is 0 Å². The smallest absolute Gasteiger partial charge is 0.0247 e. The Bertz CT molecular complexity index is 225. The fourth-order valence-corrected chi connectivity index (χ4v) is 4.08. The van der Waals surface area contributed by atoms with Gasteiger partial charge in [0, 0.05) is 25.2 Å². The van der Waals surface area contributed by atoms with Gasteiger partial charge in [-0.1, -0.05) is 25.7 Å². The van der Waals surface area contributed by atoms with Gasteiger partial charge in [-0.2, -0.15) is 0 Å². The maximum Gasteiger partial charge on any atom is 0.0247 e. The van der Waals surface area contributed by atoms with E-state index in [1.165, 1.54) is 64.5 Å². The molecule has 2 heteroatoms. The largest absolute Gasteiger partial charge is 0.326 e. The van der Waals surface area contributed by atoms with Crippen LogP contribution in [0.1, 0.15) is 51.4 Å². The van der Waals surface area contributed by atoms with Gasteiger partial charge in [0.1, 0.15) is 0 Å². The van der Waals surface area contributed by atoms with Crippen molar-refractivity contribution in [3.05, 3.63) is 0 Å². The molecule has 2 nitrogen and oxygen atoms in total. The normalized spacial score (nSPS) is 40.6. The molecule has 1 saturated heterocycles. The highest BCUT2D eigenvalue weighted by Crippen LogP contribution is 2.47. The lowest BCUT2D eigenvalue weighted by molar-refractivity contribution is -0.0425. The monoisotopic (exact) mass is 208 g/mol. The van der Waals surface area contributed by atoms with Crippen molar-refractivity contribution in [2.24, 2.45) is 11.1 Å². The number of nitrogens with zero attached hydrogens (tertiary/aromatic N) is 1. The first-order chi connectivity index (χ1) is 7.29. The Morgan fingerprint density at radius 3 is 2.27 bits per heavy atom. The van der Waals surface area contributed by atoms with Crippen LogP contribution in [0.3, 0.4) is 0 Å². The summed E-state index contributed by atoms with van der Waals surface area (Å²) < 4.78 is 0. The number of rotatable bonds is 1. The van der Waals surface area contributed by atoms with Gasteiger partial charge >= 0.3 is 0 Å². The first-order valence-corrected chi connectivity index (χ1v) is 6.79. The van der Waals surface area contributed by atoms with E-state index in [1.807, 2.05) is 0 Å². The molecule has 3 fully saturated rings. The Balaban J connectivity index is 1.57. The summed E-state index contributed by atoms with van der Waals surface area (Å²) in [6.45, 7) is 2.73. The van der Waals surface area contributed by atoms with Crippen LogP contribution in [-0.2, 0) is 0 Å². The summed E-state index contributed by atoms with van der Waals surface area (Å²) in [4.78, 5) is 2.69. The van der Waals surface area contributed by atoms with Crippen molar-refractivity contribution in [1.29, 1.82) is 0 Å². The summed E-state index contributed by atoms with van der Waals surface area (Å²) in [5.74, 6) is 0. The van der Waals surface area contributed by atoms with Gasteiger partial charge < -0.3 is 5.73 Å². The minimum absolute atomic E-state index is 0.470. The molecular weight excluding hydrogens is 184 g/mol. The van der Waals surface area contributed by atoms with Gasteiger partial charge in [-0.3, -0.25) is 4.90 Å². The molecule has 15 heavy (non-hydrogen) atoms. The molecule has 2 unspecified atom stereocenters. The van der Waals surface area contributed by atoms with E-state index in [2.05, 4.69) is 4.90 Å². The second kappa shape index (κ2) is 3.74. The number of hydrogen-bond donors (Lipinski definition) is 1. The molecule has 0 aromatic rings. The maximum absolute atomic E-state index is 6.23. The van der Waals surface area contributed by atoms with Crippen molar-refractivity contribution in [3.63, 3.8) is 0 Å². The first kappa shape index (κ1) is 10.1. The molecule has 2 saturated carbocycles. The summed E-state index contributed by atoms with van der Waals surface area (Å²) in [7, 11) is 0. The van der Waals surface area contributed by atoms with Crippen LogP contribution in [0.2, 0.25) is 0 Å². The van der Waals surface area contributed by atoms with E-state index in [9.17, 15) is 0 Å². The molecule has 1 aliphatic heterocycles. The van der Waals surface area contributed by atoms with Crippen LogP contribution in [0, 0.1) is 5.41 Å². The zero-order chi connectivity index (χ0) is 10.3. The van der Waals surface area contributed by atoms with Crippen LogP contribution >= 0.6 is 0 Å². The fraction of sp³-hybridized carbons (Fsp3) is 1.00. The summed E-state index contributed by atoms with van der Waals surface area (Å²) in [6.07, 6.45) is 11.3. The summed E-state index contributed by atoms with van der Waals surface area (Å²) in [5.41, 5.74) is 6.98. The number of likely N-dealkylation sites (tertiary alicyclic amines) is 1. The molecule has 0 aromatic heterocycles. The highest BCUT2D eigenvalue weighted by atomic mass is 15.2. The van der Waals surface area contributed by atoms with Crippen molar-refractivity contribution >= 4 is 0 Å². The molecule has 3 aliphatic rings. The van der Waals surface area contributed by atoms with Crippen LogP contribution in [0.15, 0.2) is 0 Å². The standard InChI is InChI=1S/C13H24N2/c14-11-5-1-2-6-12(11)15-9-13(10-15)7-3-4-8-13/h11-12H,1-10,14H2. The van der Waals surface area contributed by atoms with Crippen LogP contribution in [0.25, 0.3) is 0 Å². The van der Waals surface area contributed by atoms with E-state index >= 15 is 0 Å². The summed E-state index contributed by atoms with van der Waals surface area (Å²) >= 11 is 0. The van der Waals surface area contributed by atoms with Crippen molar-refractivity contribution in [2.75, 3.05) is 13.1 Å². The van der Waals surface area contributed by atoms with E-state index in [0.29, 0.717) is 6.04 Å². The first-order valence-electron chi connectivity index (χ1n) is 6.79. The lowest BCUT2D eigenvalue weighted by atomic mass is 9.75. The van der Waals surface area contributed by atoms with Crippen molar-refractivity contribution in [1.82, 2.24) is 4.90 Å². The molecule has 0 bridgehead atoms. The van der Waals surface area contributed by atoms with E-state index in [4.69, 9.17) is 5.73 Å². The van der Waals surface area contributed by atoms with Crippen molar-refractivity contribution < 1.29 is 0 Å².